The molecule has 0 fully saturated rings. The van der Waals surface area contributed by atoms with Crippen LogP contribution in [-0.4, -0.2) is 49.9 Å². The van der Waals surface area contributed by atoms with Crippen molar-refractivity contribution in [3.05, 3.63) is 0 Å². The number of rotatable bonds is 5. The average molecular weight is 209 g/mol. The van der Waals surface area contributed by atoms with Gasteiger partial charge in [0, 0.05) is 12.2 Å². The van der Waals surface area contributed by atoms with Gasteiger partial charge in [-0.2, -0.15) is 0 Å². The lowest BCUT2D eigenvalue weighted by Gasteiger charge is -2.35. The maximum absolute atomic E-state index is 10.4. The summed E-state index contributed by atoms with van der Waals surface area (Å²) in [6, 6.07) is 0.203. The van der Waals surface area contributed by atoms with Gasteiger partial charge in [0.05, 0.1) is 36.8 Å². The van der Waals surface area contributed by atoms with Gasteiger partial charge in [-0.3, -0.25) is 0 Å². The zero-order valence-electron chi connectivity index (χ0n) is 8.78. The van der Waals surface area contributed by atoms with Crippen molar-refractivity contribution in [1.29, 1.82) is 0 Å². The molecule has 0 radical (unpaired) electrons. The van der Waals surface area contributed by atoms with Crippen LogP contribution in [0, 0.1) is 0 Å². The van der Waals surface area contributed by atoms with Crippen LogP contribution in [0.2, 0.25) is 0 Å². The Kier molecular flexibility index (Phi) is 4.35. The summed E-state index contributed by atoms with van der Waals surface area (Å²) in [4.78, 5) is 0. The molecule has 0 heterocycles. The van der Waals surface area contributed by atoms with E-state index in [0.29, 0.717) is 6.42 Å². The summed E-state index contributed by atoms with van der Waals surface area (Å²) in [5.41, 5.74) is 0. The predicted octanol–water partition coefficient (Wildman–Crippen LogP) is 0.407. The SMILES string of the molecule is CC[N+](C)(C)C(C)CCS(=O)(=O)[O-]. The van der Waals surface area contributed by atoms with Gasteiger partial charge in [0.25, 0.3) is 0 Å². The molecule has 0 rings (SSSR count). The number of hydrogen-bond donors (Lipinski definition) is 0. The number of hydrogen-bond acceptors (Lipinski definition) is 3. The second kappa shape index (κ2) is 4.39. The Hall–Kier alpha value is -0.130. The van der Waals surface area contributed by atoms with E-state index in [2.05, 4.69) is 0 Å². The molecule has 0 amide bonds. The largest absolute Gasteiger partial charge is 0.748 e. The van der Waals surface area contributed by atoms with Crippen molar-refractivity contribution in [2.45, 2.75) is 26.3 Å². The Morgan fingerprint density at radius 3 is 2.15 bits per heavy atom. The van der Waals surface area contributed by atoms with Crippen molar-refractivity contribution in [3.8, 4) is 0 Å². The first-order chi connectivity index (χ1) is 5.69. The van der Waals surface area contributed by atoms with Crippen LogP contribution < -0.4 is 0 Å². The van der Waals surface area contributed by atoms with E-state index >= 15 is 0 Å². The Morgan fingerprint density at radius 2 is 1.85 bits per heavy atom. The molecule has 1 unspecified atom stereocenters. The van der Waals surface area contributed by atoms with Crippen LogP contribution in [-0.2, 0) is 10.1 Å². The van der Waals surface area contributed by atoms with Gasteiger partial charge in [0.2, 0.25) is 0 Å². The van der Waals surface area contributed by atoms with Crippen LogP contribution in [0.15, 0.2) is 0 Å². The Labute approximate surface area is 80.9 Å². The monoisotopic (exact) mass is 209 g/mol. The fourth-order valence-electron chi connectivity index (χ4n) is 0.976. The number of nitrogens with zero attached hydrogens (tertiary/aromatic N) is 1. The van der Waals surface area contributed by atoms with Gasteiger partial charge in [-0.05, 0) is 13.8 Å². The molecule has 0 aliphatic rings. The minimum Gasteiger partial charge on any atom is -0.748 e. The molecule has 13 heavy (non-hydrogen) atoms. The van der Waals surface area contributed by atoms with E-state index in [0.717, 1.165) is 11.0 Å². The van der Waals surface area contributed by atoms with Crippen molar-refractivity contribution in [3.63, 3.8) is 0 Å². The molecule has 0 saturated carbocycles. The van der Waals surface area contributed by atoms with Gasteiger partial charge in [-0.1, -0.05) is 0 Å². The van der Waals surface area contributed by atoms with Gasteiger partial charge in [-0.15, -0.1) is 0 Å². The first-order valence-electron chi connectivity index (χ1n) is 4.45. The first-order valence-corrected chi connectivity index (χ1v) is 6.03. The summed E-state index contributed by atoms with van der Waals surface area (Å²) in [5, 5.41) is 0. The molecule has 0 aromatic rings. The highest BCUT2D eigenvalue weighted by molar-refractivity contribution is 7.85. The second-order valence-corrected chi connectivity index (χ2v) is 5.52. The molecule has 5 heteroatoms. The third-order valence-corrected chi connectivity index (χ3v) is 3.53. The van der Waals surface area contributed by atoms with Crippen LogP contribution in [0.5, 0.6) is 0 Å². The van der Waals surface area contributed by atoms with Crippen LogP contribution >= 0.6 is 0 Å². The molecule has 0 N–H and O–H groups in total. The highest BCUT2D eigenvalue weighted by atomic mass is 32.2. The molecule has 0 bridgehead atoms. The lowest BCUT2D eigenvalue weighted by molar-refractivity contribution is -0.911. The normalized spacial score (nSPS) is 15.8. The molecular weight excluding hydrogens is 190 g/mol. The van der Waals surface area contributed by atoms with Crippen molar-refractivity contribution >= 4 is 10.1 Å². The van der Waals surface area contributed by atoms with Crippen LogP contribution in [0.3, 0.4) is 0 Å². The van der Waals surface area contributed by atoms with Crippen molar-refractivity contribution in [2.24, 2.45) is 0 Å². The molecule has 0 saturated heterocycles. The highest BCUT2D eigenvalue weighted by Gasteiger charge is 2.21. The molecule has 0 aromatic carbocycles. The smallest absolute Gasteiger partial charge is 0.0948 e. The van der Waals surface area contributed by atoms with E-state index in [9.17, 15) is 13.0 Å². The van der Waals surface area contributed by atoms with Crippen LogP contribution in [0.1, 0.15) is 20.3 Å². The van der Waals surface area contributed by atoms with Gasteiger partial charge in [-0.25, -0.2) is 8.42 Å². The summed E-state index contributed by atoms with van der Waals surface area (Å²) in [7, 11) is 0.0120. The summed E-state index contributed by atoms with van der Waals surface area (Å²) in [5.74, 6) is -0.254. The summed E-state index contributed by atoms with van der Waals surface area (Å²) in [6.45, 7) is 4.94. The molecule has 80 valence electrons. The molecular formula is C8H19NO3S. The Balaban J connectivity index is 4.10. The quantitative estimate of drug-likeness (QED) is 0.486. The van der Waals surface area contributed by atoms with Gasteiger partial charge >= 0.3 is 0 Å². The predicted molar refractivity (Wildman–Crippen MR) is 51.3 cm³/mol. The van der Waals surface area contributed by atoms with E-state index in [1.165, 1.54) is 0 Å². The minimum absolute atomic E-state index is 0.203. The Bertz CT molecular complexity index is 246. The zero-order valence-corrected chi connectivity index (χ0v) is 9.60. The standard InChI is InChI=1S/C8H19NO3S/c1-5-9(3,4)8(2)6-7-13(10,11)12/h8H,5-7H2,1-4H3. The van der Waals surface area contributed by atoms with Crippen molar-refractivity contribution in [2.75, 3.05) is 26.4 Å². The van der Waals surface area contributed by atoms with E-state index in [1.54, 1.807) is 0 Å². The van der Waals surface area contributed by atoms with Gasteiger partial charge in [0.15, 0.2) is 0 Å². The third kappa shape index (κ3) is 5.23. The molecule has 4 nitrogen and oxygen atoms in total. The van der Waals surface area contributed by atoms with Gasteiger partial charge in [0.1, 0.15) is 0 Å². The fraction of sp³-hybridized carbons (Fsp3) is 1.00. The highest BCUT2D eigenvalue weighted by Crippen LogP contribution is 2.10. The number of quaternary nitrogens is 1. The van der Waals surface area contributed by atoms with E-state index < -0.39 is 10.1 Å². The van der Waals surface area contributed by atoms with Gasteiger partial charge < -0.3 is 9.04 Å². The zero-order chi connectivity index (χ0) is 10.7. The van der Waals surface area contributed by atoms with Crippen molar-refractivity contribution < 1.29 is 17.5 Å². The lowest BCUT2D eigenvalue weighted by atomic mass is 10.2. The molecule has 1 atom stereocenters. The summed E-state index contributed by atoms with van der Waals surface area (Å²) < 4.78 is 31.9. The Morgan fingerprint density at radius 1 is 1.38 bits per heavy atom. The van der Waals surface area contributed by atoms with Crippen molar-refractivity contribution in [1.82, 2.24) is 0 Å². The second-order valence-electron chi connectivity index (χ2n) is 3.99. The maximum atomic E-state index is 10.4. The molecule has 0 aliphatic carbocycles. The van der Waals surface area contributed by atoms with E-state index in [1.807, 2.05) is 27.9 Å². The molecule has 0 aromatic heterocycles. The molecule has 0 spiro atoms. The van der Waals surface area contributed by atoms with E-state index in [4.69, 9.17) is 0 Å². The maximum Gasteiger partial charge on any atom is 0.0948 e. The van der Waals surface area contributed by atoms with E-state index in [-0.39, 0.29) is 11.8 Å². The fourth-order valence-corrected chi connectivity index (χ4v) is 1.61. The first kappa shape index (κ1) is 12.9. The third-order valence-electron chi connectivity index (χ3n) is 2.79. The average Bonchev–Trinajstić information content (AvgIpc) is 1.98. The molecule has 0 aliphatic heterocycles. The minimum atomic E-state index is -4.05. The lowest BCUT2D eigenvalue weighted by Crippen LogP contribution is -2.47. The van der Waals surface area contributed by atoms with Crippen LogP contribution in [0.4, 0.5) is 0 Å². The van der Waals surface area contributed by atoms with Crippen LogP contribution in [0.25, 0.3) is 0 Å². The summed E-state index contributed by atoms with van der Waals surface area (Å²) in [6.07, 6.45) is 0.437. The topological polar surface area (TPSA) is 57.2 Å². The summed E-state index contributed by atoms with van der Waals surface area (Å²) >= 11 is 0.